The Bertz CT molecular complexity index is 7600. The number of hydrogen-bond donors (Lipinski definition) is 6. The van der Waals surface area contributed by atoms with Crippen LogP contribution in [0.3, 0.4) is 0 Å². The fourth-order valence-corrected chi connectivity index (χ4v) is 22.2. The molecule has 5 saturated carbocycles. The molecule has 5 aliphatic carbocycles. The van der Waals surface area contributed by atoms with Gasteiger partial charge in [0.2, 0.25) is 23.8 Å². The Morgan fingerprint density at radius 1 is 0.364 bits per heavy atom. The van der Waals surface area contributed by atoms with Crippen molar-refractivity contribution in [1.82, 2.24) is 152 Å². The fraction of sp³-hybridized carbons (Fsp3) is 0.510. The summed E-state index contributed by atoms with van der Waals surface area (Å²) in [5.74, 6) is 15.0. The number of nitrogens with zero attached hydrogens (tertiary/aromatic N) is 33. The van der Waals surface area contributed by atoms with Crippen molar-refractivity contribution in [3.63, 3.8) is 0 Å². The van der Waals surface area contributed by atoms with Gasteiger partial charge >= 0.3 is 0 Å². The van der Waals surface area contributed by atoms with Crippen molar-refractivity contribution in [3.05, 3.63) is 103 Å². The zero-order chi connectivity index (χ0) is 95.8. The van der Waals surface area contributed by atoms with Crippen LogP contribution < -0.4 is 43.4 Å². The average Bonchev–Trinajstić information content (AvgIpc) is 1.50. The van der Waals surface area contributed by atoms with Gasteiger partial charge in [0.1, 0.15) is 85.0 Å². The molecule has 140 heavy (non-hydrogen) atoms. The summed E-state index contributed by atoms with van der Waals surface area (Å²) in [6.45, 7) is 33.5. The van der Waals surface area contributed by atoms with Crippen molar-refractivity contribution in [1.29, 1.82) is 0 Å². The van der Waals surface area contributed by atoms with Crippen LogP contribution >= 0.6 is 0 Å². The number of imidazole rings is 6. The van der Waals surface area contributed by atoms with Gasteiger partial charge in [-0.25, -0.2) is 125 Å². The van der Waals surface area contributed by atoms with Gasteiger partial charge < -0.3 is 94.9 Å². The largest absolute Gasteiger partial charge is 0.382 e. The Labute approximate surface area is 802 Å². The molecule has 11 aliphatic heterocycles. The van der Waals surface area contributed by atoms with Crippen LogP contribution in [-0.2, 0) is 77.9 Å². The Balaban J connectivity index is 0.0000000924. The lowest BCUT2D eigenvalue weighted by atomic mass is 9.86. The summed E-state index contributed by atoms with van der Waals surface area (Å²) < 4.78 is 41.1. The molecule has 3 atom stereocenters. The molecule has 0 amide bonds. The molecule has 11 fully saturated rings. The van der Waals surface area contributed by atoms with Gasteiger partial charge in [0, 0.05) is 125 Å². The Hall–Kier alpha value is -14.1. The molecule has 32 rings (SSSR count). The number of ether oxygens (including phenoxy) is 5. The maximum atomic E-state index is 6.17. The quantitative estimate of drug-likeness (QED) is 0.0700. The predicted molar refractivity (Wildman–Crippen MR) is 520 cm³/mol. The number of aromatic nitrogens is 31. The van der Waals surface area contributed by atoms with Gasteiger partial charge in [-0.1, -0.05) is 6.92 Å². The van der Waals surface area contributed by atoms with Crippen molar-refractivity contribution in [2.45, 2.75) is 250 Å². The van der Waals surface area contributed by atoms with E-state index in [1.54, 1.807) is 62.1 Å². The Kier molecular flexibility index (Phi) is 20.1. The number of aromatic amines is 1. The monoisotopic (exact) mass is 1890 g/mol. The fourth-order valence-electron chi connectivity index (χ4n) is 22.2. The molecule has 11 N–H and O–H groups in total. The second-order valence-corrected chi connectivity index (χ2v) is 41.7. The van der Waals surface area contributed by atoms with Gasteiger partial charge in [-0.2, -0.15) is 0 Å². The number of nitrogens with two attached hydrogens (primary N) is 5. The van der Waals surface area contributed by atoms with Crippen LogP contribution in [0.5, 0.6) is 0 Å². The third-order valence-electron chi connectivity index (χ3n) is 30.1. The van der Waals surface area contributed by atoms with Crippen molar-refractivity contribution >= 4 is 114 Å². The lowest BCUT2D eigenvalue weighted by molar-refractivity contribution is -0.100. The molecule has 0 aromatic carbocycles. The molecule has 44 heteroatoms. The molecule has 6 saturated heterocycles. The van der Waals surface area contributed by atoms with E-state index < -0.39 is 28.0 Å². The number of nitrogens with one attached hydrogen (secondary N) is 1. The summed E-state index contributed by atoms with van der Waals surface area (Å²) in [5.41, 5.74) is 42.3. The van der Waals surface area contributed by atoms with Crippen molar-refractivity contribution in [2.24, 2.45) is 17.8 Å². The highest BCUT2D eigenvalue weighted by Gasteiger charge is 2.50. The first-order valence-corrected chi connectivity index (χ1v) is 48.8. The van der Waals surface area contributed by atoms with Crippen LogP contribution in [0.4, 0.5) is 47.1 Å². The van der Waals surface area contributed by atoms with Crippen LogP contribution in [-0.4, -0.2) is 223 Å². The van der Waals surface area contributed by atoms with E-state index in [9.17, 15) is 0 Å². The molecule has 44 nitrogen and oxygen atoms in total. The van der Waals surface area contributed by atoms with Crippen molar-refractivity contribution < 1.29 is 23.7 Å². The van der Waals surface area contributed by atoms with Crippen LogP contribution in [0.15, 0.2) is 62.1 Å². The molecule has 0 spiro atoms. The highest BCUT2D eigenvalue weighted by Crippen LogP contribution is 2.52. The van der Waals surface area contributed by atoms with Crippen molar-refractivity contribution in [2.75, 3.05) is 89.4 Å². The molecule has 27 heterocycles. The number of rotatable bonds is 11. The minimum Gasteiger partial charge on any atom is -0.382 e. The molecular weight excluding hydrogens is 1780 g/mol. The van der Waals surface area contributed by atoms with Crippen LogP contribution in [0.25, 0.3) is 124 Å². The molecule has 6 bridgehead atoms. The summed E-state index contributed by atoms with van der Waals surface area (Å²) in [7, 11) is 0. The van der Waals surface area contributed by atoms with Crippen LogP contribution in [0.1, 0.15) is 212 Å². The first-order chi connectivity index (χ1) is 67.4. The SMILES string of the molecule is CC1(C)OCCn2c1nc1c(C3CC3)nc(-c3cnc(N)c4[nH]cnc34)nc12.CC1(C)OCCn2c1nc1c(N3CC4CC3C4)nc(-c3cnc(N)nc3)nc12.CC[C@@]1(C)OCCn2c1nc1c(N3CC4CC3C4)nc(-c3cnc(N)nc3)nc12.C[C@H]1COC(C)(C)c2nc3c(C4CC4)nc(-c4cnc(N)nc4)nc3n21.C[C@H]1Cn2c(nc3c(N4CC5CC4C5)nc(-c4cnc(N)nc4)nc32)C(C)(C)O1. The number of nitrogen functional groups attached to an aromatic ring is 5. The molecular formula is C96H111N39O5. The molecule has 0 radical (unpaired) electrons. The van der Waals surface area contributed by atoms with E-state index in [2.05, 4.69) is 162 Å². The van der Waals surface area contributed by atoms with Gasteiger partial charge in [0.15, 0.2) is 91.4 Å². The molecule has 16 aromatic rings. The third kappa shape index (κ3) is 14.8. The van der Waals surface area contributed by atoms with E-state index in [4.69, 9.17) is 127 Å². The van der Waals surface area contributed by atoms with E-state index in [-0.39, 0.29) is 35.9 Å². The summed E-state index contributed by atoms with van der Waals surface area (Å²) >= 11 is 0. The minimum absolute atomic E-state index is 0.0798. The zero-order valence-corrected chi connectivity index (χ0v) is 80.3. The normalized spacial score (nSPS) is 24.2. The van der Waals surface area contributed by atoms with E-state index in [0.29, 0.717) is 96.8 Å². The first-order valence-electron chi connectivity index (χ1n) is 48.8. The smallest absolute Gasteiger partial charge is 0.219 e. The van der Waals surface area contributed by atoms with Crippen molar-refractivity contribution in [3.8, 4) is 56.9 Å². The van der Waals surface area contributed by atoms with E-state index in [1.807, 2.05) is 13.8 Å². The molecule has 720 valence electrons. The molecule has 0 unspecified atom stereocenters. The number of anilines is 8. The number of H-pyrrole nitrogens is 1. The Morgan fingerprint density at radius 3 is 1.18 bits per heavy atom. The zero-order valence-electron chi connectivity index (χ0n) is 80.3. The van der Waals surface area contributed by atoms with E-state index in [1.165, 1.54) is 38.5 Å². The molecule has 16 aliphatic rings. The maximum Gasteiger partial charge on any atom is 0.219 e. The third-order valence-corrected chi connectivity index (χ3v) is 30.1. The summed E-state index contributed by atoms with van der Waals surface area (Å²) in [6, 6.07) is 1.83. The second-order valence-electron chi connectivity index (χ2n) is 41.7. The van der Waals surface area contributed by atoms with Crippen LogP contribution in [0, 0.1) is 17.8 Å². The Morgan fingerprint density at radius 2 is 0.736 bits per heavy atom. The van der Waals surface area contributed by atoms with E-state index in [0.717, 1.165) is 243 Å². The predicted octanol–water partition coefficient (Wildman–Crippen LogP) is 11.0. The molecule has 16 aromatic heterocycles. The van der Waals surface area contributed by atoms with Gasteiger partial charge in [-0.15, -0.1) is 0 Å². The van der Waals surface area contributed by atoms with Gasteiger partial charge in [0.05, 0.1) is 90.7 Å². The van der Waals surface area contributed by atoms with Crippen LogP contribution in [0.2, 0.25) is 0 Å². The first kappa shape index (κ1) is 87.4. The topological polar surface area (TPSA) is 549 Å². The lowest BCUT2D eigenvalue weighted by Gasteiger charge is -2.34. The highest BCUT2D eigenvalue weighted by molar-refractivity contribution is 5.96. The minimum atomic E-state index is -0.479. The summed E-state index contributed by atoms with van der Waals surface area (Å²) in [6.07, 6.45) is 29.7. The number of fused-ring (bicyclic) bond motifs is 19. The summed E-state index contributed by atoms with van der Waals surface area (Å²) in [4.78, 5) is 126. The second kappa shape index (κ2) is 32.2. The van der Waals surface area contributed by atoms with Gasteiger partial charge in [-0.3, -0.25) is 0 Å². The lowest BCUT2D eigenvalue weighted by Crippen LogP contribution is -2.38. The van der Waals surface area contributed by atoms with Gasteiger partial charge in [0.25, 0.3) is 0 Å². The average molecular weight is 1890 g/mol. The van der Waals surface area contributed by atoms with Gasteiger partial charge in [-0.05, 0) is 165 Å². The van der Waals surface area contributed by atoms with E-state index >= 15 is 0 Å². The number of hydrogen-bond acceptors (Lipinski definition) is 38. The number of pyridine rings is 1. The standard InChI is InChI=1S/2C20H24N8O.C19H22N8O.C19H20N8O.C18H21N7O/c1-10-8-28-17-14(24-18(28)20(2,3)29-10)16(27-9-11-4-13(27)5-11)25-15(26-17)12-6-22-19(21)23-7-12;1-3-20(2)18-24-14-16(27(18)4-5-29-20)25-15(12-8-22-19(21)23-9-12)26-17(14)28-10-11-6-13(28)7-11;1-19(2)17-23-13-15(26(17)3-4-28-19)24-14(11-7-21-18(20)22-8-11)25-16(13)27-9-10-5-12(27)6-10;1-19(2)18-25-14-11(9-3-4-9)24-16(26-17(14)27(18)5-6-28-19)10-7-21-15(20)13-12(10)22-8-23-13;1-9-8-26-18(2,3)16-23-13-12(10-4-5-10)22-14(24-15(13)25(9)16)11-6-20-17(19)21-7-11/h6-7,10-11,13H,4-5,8-9H2,1-3H3,(H2,21,22,23);8-9,11,13H,3-7,10H2,1-2H3,(H2,21,22,23);7-8,10,12H,3-6,9H2,1-2H3,(H2,20,21,22);7-9H,3-6H2,1-2H3,(H2,20,21)(H,22,23);6-7,9-10H,4-5,8H2,1-3H3,(H2,19,20,21)/t10-,11?,13?;11?,13?,20-;;;9-/m01..0/s1. The summed E-state index contributed by atoms with van der Waals surface area (Å²) in [5, 5.41) is 0. The highest BCUT2D eigenvalue weighted by atomic mass is 16.5. The maximum absolute atomic E-state index is 6.17.